The zero-order valence-corrected chi connectivity index (χ0v) is 22.4. The fourth-order valence-corrected chi connectivity index (χ4v) is 5.80. The molecular formula is C27H39N9O2. The van der Waals surface area contributed by atoms with Crippen molar-refractivity contribution in [1.29, 1.82) is 0 Å². The highest BCUT2D eigenvalue weighted by Crippen LogP contribution is 2.27. The first kappa shape index (κ1) is 26.3. The number of aromatic nitrogens is 5. The Morgan fingerprint density at radius 2 is 2.03 bits per heavy atom. The van der Waals surface area contributed by atoms with Crippen LogP contribution in [-0.2, 0) is 36.6 Å². The number of fused-ring (bicyclic) bond motifs is 1. The van der Waals surface area contributed by atoms with Crippen molar-refractivity contribution >= 4 is 22.8 Å². The predicted molar refractivity (Wildman–Crippen MR) is 144 cm³/mol. The third-order valence-corrected chi connectivity index (χ3v) is 8.01. The van der Waals surface area contributed by atoms with E-state index >= 15 is 0 Å². The fourth-order valence-electron chi connectivity index (χ4n) is 5.80. The summed E-state index contributed by atoms with van der Waals surface area (Å²) >= 11 is 0. The standard InChI is InChI=1S/C27H39N9O2/c1-33-12-9-30-25(33)15-20-13-21(17-29-16-19-5-7-24-23(14-19)31-32-34(24)2)36(18-20)27(38)22(28)6-8-26(37)35-10-3-4-11-35/h5,7,9,12,14,20-22,29H,3-4,6,8,10-11,13,15-18,28H2,1-2H3. The zero-order valence-electron chi connectivity index (χ0n) is 22.4. The number of carbonyl (C=O) groups is 2. The van der Waals surface area contributed by atoms with E-state index in [1.807, 2.05) is 53.0 Å². The van der Waals surface area contributed by atoms with Crippen molar-refractivity contribution in [1.82, 2.24) is 39.7 Å². The van der Waals surface area contributed by atoms with E-state index in [2.05, 4.69) is 26.7 Å². The zero-order chi connectivity index (χ0) is 26.6. The van der Waals surface area contributed by atoms with Crippen LogP contribution in [-0.4, -0.2) is 84.4 Å². The lowest BCUT2D eigenvalue weighted by Crippen LogP contribution is -2.49. The molecule has 3 N–H and O–H groups in total. The number of amides is 2. The summed E-state index contributed by atoms with van der Waals surface area (Å²) < 4.78 is 3.80. The van der Waals surface area contributed by atoms with Crippen molar-refractivity contribution in [3.05, 3.63) is 42.0 Å². The number of rotatable bonds is 10. The number of benzene rings is 1. The Balaban J connectivity index is 1.20. The maximum absolute atomic E-state index is 13.5. The lowest BCUT2D eigenvalue weighted by molar-refractivity contribution is -0.134. The molecule has 0 bridgehead atoms. The van der Waals surface area contributed by atoms with Crippen molar-refractivity contribution < 1.29 is 9.59 Å². The molecule has 2 aliphatic rings. The van der Waals surface area contributed by atoms with Crippen molar-refractivity contribution in [2.75, 3.05) is 26.2 Å². The minimum Gasteiger partial charge on any atom is -0.343 e. The molecule has 4 heterocycles. The van der Waals surface area contributed by atoms with Gasteiger partial charge in [0, 0.05) is 78.1 Å². The number of hydrogen-bond acceptors (Lipinski definition) is 7. The van der Waals surface area contributed by atoms with Gasteiger partial charge in [0.05, 0.1) is 11.6 Å². The molecular weight excluding hydrogens is 482 g/mol. The highest BCUT2D eigenvalue weighted by molar-refractivity contribution is 5.83. The first-order valence-electron chi connectivity index (χ1n) is 13.7. The summed E-state index contributed by atoms with van der Waals surface area (Å²) in [5, 5.41) is 11.8. The fraction of sp³-hybridized carbons (Fsp3) is 0.593. The SMILES string of the molecule is Cn1ccnc1CC1CC(CNCc2ccc3c(c2)nnn3C)N(C(=O)C(N)CCC(=O)N2CCCC2)C1. The van der Waals surface area contributed by atoms with Gasteiger partial charge in [-0.25, -0.2) is 9.67 Å². The molecule has 3 unspecified atom stereocenters. The van der Waals surface area contributed by atoms with Crippen molar-refractivity contribution in [3.8, 4) is 0 Å². The average molecular weight is 522 g/mol. The predicted octanol–water partition coefficient (Wildman–Crippen LogP) is 0.981. The second kappa shape index (κ2) is 11.6. The molecule has 0 radical (unpaired) electrons. The highest BCUT2D eigenvalue weighted by Gasteiger charge is 2.37. The minimum absolute atomic E-state index is 0.0355. The second-order valence-electron chi connectivity index (χ2n) is 10.8. The monoisotopic (exact) mass is 521 g/mol. The van der Waals surface area contributed by atoms with Gasteiger partial charge in [0.1, 0.15) is 11.3 Å². The van der Waals surface area contributed by atoms with E-state index in [0.29, 0.717) is 38.4 Å². The van der Waals surface area contributed by atoms with Crippen LogP contribution in [0.25, 0.3) is 11.0 Å². The normalized spacial score (nSPS) is 20.5. The smallest absolute Gasteiger partial charge is 0.239 e. The Bertz CT molecular complexity index is 1260. The third-order valence-electron chi connectivity index (χ3n) is 8.01. The number of aryl methyl sites for hydroxylation is 2. The van der Waals surface area contributed by atoms with Gasteiger partial charge in [0.2, 0.25) is 11.8 Å². The van der Waals surface area contributed by atoms with Crippen LogP contribution in [0.15, 0.2) is 30.6 Å². The number of likely N-dealkylation sites (tertiary alicyclic amines) is 2. The van der Waals surface area contributed by atoms with E-state index in [-0.39, 0.29) is 17.9 Å². The maximum Gasteiger partial charge on any atom is 0.239 e. The number of carbonyl (C=O) groups excluding carboxylic acids is 2. The molecule has 5 rings (SSSR count). The molecule has 3 atom stereocenters. The van der Waals surface area contributed by atoms with Gasteiger partial charge in [-0.2, -0.15) is 0 Å². The summed E-state index contributed by atoms with van der Waals surface area (Å²) in [4.78, 5) is 34.3. The van der Waals surface area contributed by atoms with Gasteiger partial charge in [-0.05, 0) is 49.3 Å². The topological polar surface area (TPSA) is 127 Å². The quantitative estimate of drug-likeness (QED) is 0.407. The van der Waals surface area contributed by atoms with Crippen molar-refractivity contribution in [2.24, 2.45) is 25.7 Å². The second-order valence-corrected chi connectivity index (χ2v) is 10.8. The average Bonchev–Trinajstić information content (AvgIpc) is 3.72. The number of hydrogen-bond donors (Lipinski definition) is 2. The van der Waals surface area contributed by atoms with Gasteiger partial charge in [-0.1, -0.05) is 11.3 Å². The van der Waals surface area contributed by atoms with Gasteiger partial charge in [-0.15, -0.1) is 5.10 Å². The summed E-state index contributed by atoms with van der Waals surface area (Å²) in [6, 6.07) is 5.52. The molecule has 0 spiro atoms. The Kier molecular flexibility index (Phi) is 8.04. The van der Waals surface area contributed by atoms with Gasteiger partial charge < -0.3 is 25.4 Å². The van der Waals surface area contributed by atoms with Gasteiger partial charge in [0.25, 0.3) is 0 Å². The minimum atomic E-state index is -0.671. The van der Waals surface area contributed by atoms with Crippen molar-refractivity contribution in [3.63, 3.8) is 0 Å². The molecule has 204 valence electrons. The van der Waals surface area contributed by atoms with E-state index in [4.69, 9.17) is 5.73 Å². The highest BCUT2D eigenvalue weighted by atomic mass is 16.2. The van der Waals surface area contributed by atoms with Gasteiger partial charge >= 0.3 is 0 Å². The summed E-state index contributed by atoms with van der Waals surface area (Å²) in [6.45, 7) is 3.63. The molecule has 2 saturated heterocycles. The molecule has 2 amide bonds. The molecule has 3 aromatic rings. The van der Waals surface area contributed by atoms with Gasteiger partial charge in [0.15, 0.2) is 0 Å². The number of nitrogens with two attached hydrogens (primary N) is 1. The Morgan fingerprint density at radius 3 is 2.79 bits per heavy atom. The summed E-state index contributed by atoms with van der Waals surface area (Å²) in [6.07, 6.45) is 8.29. The van der Waals surface area contributed by atoms with Crippen LogP contribution in [0, 0.1) is 5.92 Å². The third kappa shape index (κ3) is 5.88. The van der Waals surface area contributed by atoms with E-state index < -0.39 is 6.04 Å². The largest absolute Gasteiger partial charge is 0.343 e. The van der Waals surface area contributed by atoms with Crippen LogP contribution in [0.5, 0.6) is 0 Å². The molecule has 2 fully saturated rings. The summed E-state index contributed by atoms with van der Waals surface area (Å²) in [7, 11) is 3.88. The van der Waals surface area contributed by atoms with E-state index in [9.17, 15) is 9.59 Å². The van der Waals surface area contributed by atoms with E-state index in [0.717, 1.165) is 61.2 Å². The Hall–Kier alpha value is -3.31. The van der Waals surface area contributed by atoms with Crippen LogP contribution < -0.4 is 11.1 Å². The van der Waals surface area contributed by atoms with E-state index in [1.54, 1.807) is 4.68 Å². The first-order valence-corrected chi connectivity index (χ1v) is 13.7. The number of nitrogens with zero attached hydrogens (tertiary/aromatic N) is 7. The lowest BCUT2D eigenvalue weighted by atomic mass is 10.0. The number of nitrogens with one attached hydrogen (secondary N) is 1. The van der Waals surface area contributed by atoms with Gasteiger partial charge in [-0.3, -0.25) is 9.59 Å². The molecule has 11 nitrogen and oxygen atoms in total. The summed E-state index contributed by atoms with van der Waals surface area (Å²) in [5.41, 5.74) is 9.36. The lowest BCUT2D eigenvalue weighted by Gasteiger charge is -2.28. The van der Waals surface area contributed by atoms with Crippen LogP contribution >= 0.6 is 0 Å². The molecule has 38 heavy (non-hydrogen) atoms. The van der Waals surface area contributed by atoms with E-state index in [1.165, 1.54) is 0 Å². The Morgan fingerprint density at radius 1 is 1.21 bits per heavy atom. The van der Waals surface area contributed by atoms with Crippen LogP contribution in [0.3, 0.4) is 0 Å². The Labute approximate surface area is 223 Å². The maximum atomic E-state index is 13.5. The molecule has 0 aliphatic carbocycles. The van der Waals surface area contributed by atoms with Crippen molar-refractivity contribution in [2.45, 2.75) is 57.2 Å². The van der Waals surface area contributed by atoms with Crippen LogP contribution in [0.4, 0.5) is 0 Å². The molecule has 1 aromatic carbocycles. The number of imidazole rings is 1. The molecule has 0 saturated carbocycles. The molecule has 2 aliphatic heterocycles. The van der Waals surface area contributed by atoms with Crippen LogP contribution in [0.2, 0.25) is 0 Å². The molecule has 11 heteroatoms. The molecule has 2 aromatic heterocycles. The van der Waals surface area contributed by atoms with Crippen LogP contribution in [0.1, 0.15) is 43.5 Å². The summed E-state index contributed by atoms with van der Waals surface area (Å²) in [5.74, 6) is 1.38. The first-order chi connectivity index (χ1) is 18.4.